The third-order valence-electron chi connectivity index (χ3n) is 4.36. The summed E-state index contributed by atoms with van der Waals surface area (Å²) in [6.45, 7) is 4.36. The van der Waals surface area contributed by atoms with Gasteiger partial charge in [-0.1, -0.05) is 49.1 Å². The van der Waals surface area contributed by atoms with Gasteiger partial charge in [-0.05, 0) is 32.3 Å². The monoisotopic (exact) mass is 322 g/mol. The van der Waals surface area contributed by atoms with E-state index in [9.17, 15) is 9.90 Å². The SMILES string of the molecule is COCC(O)CCCCCC(C)(C(=O)OC)c1cccc(C)c1. The molecule has 23 heavy (non-hydrogen) atoms. The highest BCUT2D eigenvalue weighted by molar-refractivity contribution is 5.82. The highest BCUT2D eigenvalue weighted by Crippen LogP contribution is 2.32. The minimum Gasteiger partial charge on any atom is -0.468 e. The lowest BCUT2D eigenvalue weighted by Gasteiger charge is -2.27. The second-order valence-corrected chi connectivity index (χ2v) is 6.40. The number of hydrogen-bond donors (Lipinski definition) is 1. The summed E-state index contributed by atoms with van der Waals surface area (Å²) in [6, 6.07) is 8.05. The average Bonchev–Trinajstić information content (AvgIpc) is 2.53. The first-order valence-electron chi connectivity index (χ1n) is 8.26. The van der Waals surface area contributed by atoms with Crippen molar-refractivity contribution in [1.82, 2.24) is 0 Å². The molecular formula is C19H30O4. The molecule has 0 saturated carbocycles. The Labute approximate surface area is 139 Å². The van der Waals surface area contributed by atoms with E-state index in [1.165, 1.54) is 7.11 Å². The predicted octanol–water partition coefficient (Wildman–Crippen LogP) is 3.38. The standard InChI is InChI=1S/C19H30O4/c1-15-9-8-10-16(13-15)19(2,18(21)23-4)12-7-5-6-11-17(20)14-22-3/h8-10,13,17,20H,5-7,11-12,14H2,1-4H3. The van der Waals surface area contributed by atoms with Crippen molar-refractivity contribution in [2.45, 2.75) is 57.5 Å². The number of aliphatic hydroxyl groups is 1. The summed E-state index contributed by atoms with van der Waals surface area (Å²) in [5.74, 6) is -0.192. The minimum atomic E-state index is -0.619. The Balaban J connectivity index is 2.61. The van der Waals surface area contributed by atoms with E-state index in [0.717, 1.165) is 43.2 Å². The molecule has 0 aliphatic heterocycles. The molecule has 0 fully saturated rings. The number of carbonyl (C=O) groups excluding carboxylic acids is 1. The molecule has 0 spiro atoms. The Morgan fingerprint density at radius 1 is 1.26 bits per heavy atom. The Kier molecular flexibility index (Phi) is 8.28. The number of benzene rings is 1. The number of aryl methyl sites for hydroxylation is 1. The minimum absolute atomic E-state index is 0.192. The lowest BCUT2D eigenvalue weighted by atomic mass is 9.77. The van der Waals surface area contributed by atoms with Gasteiger partial charge in [0.2, 0.25) is 0 Å². The summed E-state index contributed by atoms with van der Waals surface area (Å²) in [6.07, 6.45) is 3.88. The van der Waals surface area contributed by atoms with Crippen molar-refractivity contribution in [2.24, 2.45) is 0 Å². The highest BCUT2D eigenvalue weighted by atomic mass is 16.5. The Morgan fingerprint density at radius 2 is 2.00 bits per heavy atom. The van der Waals surface area contributed by atoms with Crippen LogP contribution in [0.25, 0.3) is 0 Å². The number of aliphatic hydroxyl groups excluding tert-OH is 1. The van der Waals surface area contributed by atoms with Gasteiger partial charge < -0.3 is 14.6 Å². The molecule has 0 amide bonds. The fourth-order valence-corrected chi connectivity index (χ4v) is 2.89. The maximum absolute atomic E-state index is 12.3. The molecular weight excluding hydrogens is 292 g/mol. The first kappa shape index (κ1) is 19.7. The summed E-state index contributed by atoms with van der Waals surface area (Å²) in [4.78, 5) is 12.3. The normalized spacial score (nSPS) is 15.0. The number of esters is 1. The van der Waals surface area contributed by atoms with Gasteiger partial charge in [0.25, 0.3) is 0 Å². The van der Waals surface area contributed by atoms with E-state index in [1.54, 1.807) is 7.11 Å². The molecule has 0 aliphatic rings. The molecule has 1 rings (SSSR count). The lowest BCUT2D eigenvalue weighted by Crippen LogP contribution is -2.33. The Bertz CT molecular complexity index is 486. The molecule has 0 aromatic heterocycles. The maximum Gasteiger partial charge on any atom is 0.315 e. The van der Waals surface area contributed by atoms with Crippen LogP contribution in [0.2, 0.25) is 0 Å². The first-order chi connectivity index (χ1) is 10.9. The number of hydrogen-bond acceptors (Lipinski definition) is 4. The quantitative estimate of drug-likeness (QED) is 0.530. The van der Waals surface area contributed by atoms with Gasteiger partial charge in [-0.3, -0.25) is 4.79 Å². The number of unbranched alkanes of at least 4 members (excludes halogenated alkanes) is 2. The van der Waals surface area contributed by atoms with Gasteiger partial charge in [-0.25, -0.2) is 0 Å². The van der Waals surface area contributed by atoms with Crippen LogP contribution in [0.3, 0.4) is 0 Å². The first-order valence-corrected chi connectivity index (χ1v) is 8.26. The van der Waals surface area contributed by atoms with Crippen LogP contribution in [0.5, 0.6) is 0 Å². The van der Waals surface area contributed by atoms with Crippen LogP contribution in [0, 0.1) is 6.92 Å². The van der Waals surface area contributed by atoms with E-state index in [2.05, 4.69) is 6.07 Å². The van der Waals surface area contributed by atoms with Crippen molar-refractivity contribution in [3.63, 3.8) is 0 Å². The van der Waals surface area contributed by atoms with Crippen LogP contribution in [-0.2, 0) is 19.7 Å². The summed E-state index contributed by atoms with van der Waals surface area (Å²) < 4.78 is 9.96. The summed E-state index contributed by atoms with van der Waals surface area (Å²) in [5, 5.41) is 9.64. The van der Waals surface area contributed by atoms with Gasteiger partial charge in [-0.15, -0.1) is 0 Å². The van der Waals surface area contributed by atoms with Crippen LogP contribution >= 0.6 is 0 Å². The van der Waals surface area contributed by atoms with E-state index < -0.39 is 11.5 Å². The molecule has 0 heterocycles. The van der Waals surface area contributed by atoms with Crippen LogP contribution in [0.4, 0.5) is 0 Å². The molecule has 2 atom stereocenters. The third kappa shape index (κ3) is 5.96. The molecule has 4 heteroatoms. The summed E-state index contributed by atoms with van der Waals surface area (Å²) >= 11 is 0. The number of methoxy groups -OCH3 is 2. The van der Waals surface area contributed by atoms with E-state index in [-0.39, 0.29) is 5.97 Å². The number of ether oxygens (including phenoxy) is 2. The van der Waals surface area contributed by atoms with Crippen LogP contribution < -0.4 is 0 Å². The van der Waals surface area contributed by atoms with Gasteiger partial charge in [0.05, 0.1) is 25.2 Å². The molecule has 1 N–H and O–H groups in total. The van der Waals surface area contributed by atoms with Crippen molar-refractivity contribution < 1.29 is 19.4 Å². The lowest BCUT2D eigenvalue weighted by molar-refractivity contribution is -0.147. The largest absolute Gasteiger partial charge is 0.468 e. The van der Waals surface area contributed by atoms with Crippen molar-refractivity contribution in [1.29, 1.82) is 0 Å². The van der Waals surface area contributed by atoms with Gasteiger partial charge in [-0.2, -0.15) is 0 Å². The van der Waals surface area contributed by atoms with Crippen molar-refractivity contribution in [3.05, 3.63) is 35.4 Å². The summed E-state index contributed by atoms with van der Waals surface area (Å²) in [5.41, 5.74) is 1.52. The molecule has 0 radical (unpaired) electrons. The highest BCUT2D eigenvalue weighted by Gasteiger charge is 2.35. The Hall–Kier alpha value is -1.39. The van der Waals surface area contributed by atoms with Gasteiger partial charge in [0.15, 0.2) is 0 Å². The molecule has 0 bridgehead atoms. The van der Waals surface area contributed by atoms with E-state index >= 15 is 0 Å². The van der Waals surface area contributed by atoms with Crippen LogP contribution in [0.15, 0.2) is 24.3 Å². The Morgan fingerprint density at radius 3 is 2.61 bits per heavy atom. The fraction of sp³-hybridized carbons (Fsp3) is 0.632. The number of rotatable bonds is 10. The second-order valence-electron chi connectivity index (χ2n) is 6.40. The molecule has 2 unspecified atom stereocenters. The smallest absolute Gasteiger partial charge is 0.315 e. The summed E-state index contributed by atoms with van der Waals surface area (Å²) in [7, 11) is 3.03. The van der Waals surface area contributed by atoms with Gasteiger partial charge in [0, 0.05) is 7.11 Å². The van der Waals surface area contributed by atoms with Crippen LogP contribution in [0.1, 0.15) is 50.2 Å². The molecule has 0 aliphatic carbocycles. The zero-order valence-electron chi connectivity index (χ0n) is 14.8. The average molecular weight is 322 g/mol. The van der Waals surface area contributed by atoms with Crippen molar-refractivity contribution >= 4 is 5.97 Å². The molecule has 4 nitrogen and oxygen atoms in total. The van der Waals surface area contributed by atoms with Crippen LogP contribution in [-0.4, -0.2) is 38.0 Å². The zero-order chi connectivity index (χ0) is 17.3. The number of carbonyl (C=O) groups is 1. The fourth-order valence-electron chi connectivity index (χ4n) is 2.89. The molecule has 130 valence electrons. The van der Waals surface area contributed by atoms with Gasteiger partial charge >= 0.3 is 5.97 Å². The maximum atomic E-state index is 12.3. The van der Waals surface area contributed by atoms with E-state index in [0.29, 0.717) is 6.61 Å². The molecule has 1 aromatic rings. The third-order valence-corrected chi connectivity index (χ3v) is 4.36. The topological polar surface area (TPSA) is 55.8 Å². The van der Waals surface area contributed by atoms with Crippen molar-refractivity contribution in [3.8, 4) is 0 Å². The van der Waals surface area contributed by atoms with E-state index in [1.807, 2.05) is 32.0 Å². The zero-order valence-corrected chi connectivity index (χ0v) is 14.8. The van der Waals surface area contributed by atoms with E-state index in [4.69, 9.17) is 9.47 Å². The molecule has 1 aromatic carbocycles. The molecule has 0 saturated heterocycles. The second kappa shape index (κ2) is 9.68. The predicted molar refractivity (Wildman–Crippen MR) is 91.5 cm³/mol. The van der Waals surface area contributed by atoms with Gasteiger partial charge in [0.1, 0.15) is 0 Å². The van der Waals surface area contributed by atoms with Crippen molar-refractivity contribution in [2.75, 3.05) is 20.8 Å².